The molecule has 0 bridgehead atoms. The van der Waals surface area contributed by atoms with Crippen LogP contribution in [0.4, 0.5) is 11.4 Å². The van der Waals surface area contributed by atoms with Gasteiger partial charge in [0.2, 0.25) is 5.91 Å². The minimum atomic E-state index is -0.447. The molecule has 0 saturated carbocycles. The van der Waals surface area contributed by atoms with Crippen molar-refractivity contribution in [2.24, 2.45) is 11.1 Å². The van der Waals surface area contributed by atoms with Gasteiger partial charge in [-0.1, -0.05) is 13.8 Å². The van der Waals surface area contributed by atoms with Crippen molar-refractivity contribution in [3.63, 3.8) is 0 Å². The highest BCUT2D eigenvalue weighted by Gasteiger charge is 2.33. The van der Waals surface area contributed by atoms with Crippen molar-refractivity contribution in [3.8, 4) is 0 Å². The fourth-order valence-corrected chi connectivity index (χ4v) is 2.91. The number of hydrogen-bond acceptors (Lipinski definition) is 5. The number of amides is 1. The highest BCUT2D eigenvalue weighted by Crippen LogP contribution is 2.27. The molecule has 1 fully saturated rings. The summed E-state index contributed by atoms with van der Waals surface area (Å²) in [6.07, 6.45) is 0.872. The van der Waals surface area contributed by atoms with E-state index < -0.39 is 4.92 Å². The molecule has 126 valence electrons. The summed E-state index contributed by atoms with van der Waals surface area (Å²) in [5, 5.41) is 13.6. The van der Waals surface area contributed by atoms with Crippen LogP contribution in [0.2, 0.25) is 0 Å². The summed E-state index contributed by atoms with van der Waals surface area (Å²) < 4.78 is 0. The molecule has 2 rings (SSSR count). The molecule has 0 aliphatic carbocycles. The summed E-state index contributed by atoms with van der Waals surface area (Å²) in [4.78, 5) is 24.6. The van der Waals surface area contributed by atoms with Gasteiger partial charge in [-0.2, -0.15) is 0 Å². The van der Waals surface area contributed by atoms with E-state index in [0.29, 0.717) is 17.8 Å². The molecular formula is C16H24N4O3. The lowest BCUT2D eigenvalue weighted by Gasteiger charge is -2.42. The SMILES string of the molecule is Cc1cc([N+](=O)[O-])ccc1NC(=O)CN1CCC(N)C(C)(C)C1. The second-order valence-electron chi connectivity index (χ2n) is 6.90. The Hall–Kier alpha value is -1.99. The predicted molar refractivity (Wildman–Crippen MR) is 89.3 cm³/mol. The van der Waals surface area contributed by atoms with E-state index in [1.807, 2.05) is 0 Å². The van der Waals surface area contributed by atoms with Crippen LogP contribution in [0.3, 0.4) is 0 Å². The van der Waals surface area contributed by atoms with Crippen LogP contribution in [0.15, 0.2) is 18.2 Å². The first-order chi connectivity index (χ1) is 10.7. The van der Waals surface area contributed by atoms with Crippen LogP contribution in [-0.2, 0) is 4.79 Å². The van der Waals surface area contributed by atoms with Gasteiger partial charge < -0.3 is 11.1 Å². The zero-order valence-electron chi connectivity index (χ0n) is 13.8. The topological polar surface area (TPSA) is 102 Å². The van der Waals surface area contributed by atoms with E-state index in [4.69, 9.17) is 5.73 Å². The van der Waals surface area contributed by atoms with Gasteiger partial charge in [-0.05, 0) is 30.4 Å². The Morgan fingerprint density at radius 3 is 2.78 bits per heavy atom. The third kappa shape index (κ3) is 4.27. The van der Waals surface area contributed by atoms with Gasteiger partial charge in [-0.15, -0.1) is 0 Å². The standard InChI is InChI=1S/C16H24N4O3/c1-11-8-12(20(22)23)4-5-13(11)18-15(21)9-19-7-6-14(17)16(2,3)10-19/h4-5,8,14H,6-7,9-10,17H2,1-3H3,(H,18,21). The van der Waals surface area contributed by atoms with Gasteiger partial charge in [0, 0.05) is 37.0 Å². The van der Waals surface area contributed by atoms with Gasteiger partial charge in [0.1, 0.15) is 0 Å². The number of likely N-dealkylation sites (tertiary alicyclic amines) is 1. The third-order valence-corrected chi connectivity index (χ3v) is 4.45. The van der Waals surface area contributed by atoms with Gasteiger partial charge in [-0.3, -0.25) is 19.8 Å². The minimum absolute atomic E-state index is 0.0121. The summed E-state index contributed by atoms with van der Waals surface area (Å²) in [5.41, 5.74) is 7.39. The Balaban J connectivity index is 1.96. The van der Waals surface area contributed by atoms with E-state index in [1.165, 1.54) is 12.1 Å². The van der Waals surface area contributed by atoms with E-state index in [-0.39, 0.29) is 23.1 Å². The number of nitrogens with one attached hydrogen (secondary N) is 1. The van der Waals surface area contributed by atoms with Crippen molar-refractivity contribution < 1.29 is 9.72 Å². The van der Waals surface area contributed by atoms with Crippen molar-refractivity contribution in [1.29, 1.82) is 0 Å². The van der Waals surface area contributed by atoms with Crippen LogP contribution in [0.1, 0.15) is 25.8 Å². The van der Waals surface area contributed by atoms with Crippen molar-refractivity contribution in [1.82, 2.24) is 4.90 Å². The lowest BCUT2D eigenvalue weighted by atomic mass is 9.80. The zero-order valence-corrected chi connectivity index (χ0v) is 13.8. The molecule has 1 amide bonds. The third-order valence-electron chi connectivity index (χ3n) is 4.45. The Kier molecular flexibility index (Phi) is 5.01. The quantitative estimate of drug-likeness (QED) is 0.651. The lowest BCUT2D eigenvalue weighted by Crippen LogP contribution is -2.53. The van der Waals surface area contributed by atoms with E-state index >= 15 is 0 Å². The molecule has 0 radical (unpaired) electrons. The highest BCUT2D eigenvalue weighted by atomic mass is 16.6. The number of nitro benzene ring substituents is 1. The first-order valence-electron chi connectivity index (χ1n) is 7.72. The molecule has 0 aromatic heterocycles. The maximum absolute atomic E-state index is 12.2. The van der Waals surface area contributed by atoms with Gasteiger partial charge in [0.05, 0.1) is 11.5 Å². The van der Waals surface area contributed by atoms with Crippen LogP contribution in [0.5, 0.6) is 0 Å². The van der Waals surface area contributed by atoms with E-state index in [2.05, 4.69) is 24.1 Å². The summed E-state index contributed by atoms with van der Waals surface area (Å²) in [5.74, 6) is -0.117. The van der Waals surface area contributed by atoms with Gasteiger partial charge in [0.15, 0.2) is 0 Å². The number of benzene rings is 1. The number of anilines is 1. The molecule has 1 aromatic rings. The van der Waals surface area contributed by atoms with Crippen LogP contribution >= 0.6 is 0 Å². The average molecular weight is 320 g/mol. The second-order valence-corrected chi connectivity index (χ2v) is 6.90. The fourth-order valence-electron chi connectivity index (χ4n) is 2.91. The number of nitrogens with zero attached hydrogens (tertiary/aromatic N) is 2. The van der Waals surface area contributed by atoms with E-state index in [1.54, 1.807) is 13.0 Å². The number of carbonyl (C=O) groups is 1. The molecule has 3 N–H and O–H groups in total. The Morgan fingerprint density at radius 2 is 2.22 bits per heavy atom. The van der Waals surface area contributed by atoms with Gasteiger partial charge in [-0.25, -0.2) is 0 Å². The lowest BCUT2D eigenvalue weighted by molar-refractivity contribution is -0.384. The molecule has 1 atom stereocenters. The Labute approximate surface area is 136 Å². The van der Waals surface area contributed by atoms with Crippen LogP contribution in [0, 0.1) is 22.5 Å². The molecule has 1 saturated heterocycles. The first kappa shape index (κ1) is 17.4. The second kappa shape index (κ2) is 6.64. The van der Waals surface area contributed by atoms with E-state index in [9.17, 15) is 14.9 Å². The van der Waals surface area contributed by atoms with Crippen molar-refractivity contribution in [3.05, 3.63) is 33.9 Å². The van der Waals surface area contributed by atoms with Gasteiger partial charge in [0.25, 0.3) is 5.69 Å². The van der Waals surface area contributed by atoms with Crippen molar-refractivity contribution >= 4 is 17.3 Å². The number of non-ortho nitro benzene ring substituents is 1. The summed E-state index contributed by atoms with van der Waals surface area (Å²) in [7, 11) is 0. The molecule has 1 aliphatic rings. The summed E-state index contributed by atoms with van der Waals surface area (Å²) >= 11 is 0. The maximum Gasteiger partial charge on any atom is 0.269 e. The molecule has 0 spiro atoms. The molecule has 1 heterocycles. The van der Waals surface area contributed by atoms with Crippen molar-refractivity contribution in [2.75, 3.05) is 25.0 Å². The number of nitrogens with two attached hydrogens (primary N) is 1. The Morgan fingerprint density at radius 1 is 1.52 bits per heavy atom. The maximum atomic E-state index is 12.2. The monoisotopic (exact) mass is 320 g/mol. The molecule has 7 nitrogen and oxygen atoms in total. The summed E-state index contributed by atoms with van der Waals surface area (Å²) in [6, 6.07) is 4.57. The number of piperidine rings is 1. The smallest absolute Gasteiger partial charge is 0.269 e. The Bertz CT molecular complexity index is 615. The van der Waals surface area contributed by atoms with Gasteiger partial charge >= 0.3 is 0 Å². The van der Waals surface area contributed by atoms with Crippen LogP contribution in [0.25, 0.3) is 0 Å². The molecule has 1 aromatic carbocycles. The van der Waals surface area contributed by atoms with E-state index in [0.717, 1.165) is 19.5 Å². The molecule has 1 unspecified atom stereocenters. The molecule has 23 heavy (non-hydrogen) atoms. The highest BCUT2D eigenvalue weighted by molar-refractivity contribution is 5.93. The predicted octanol–water partition coefficient (Wildman–Crippen LogP) is 1.90. The average Bonchev–Trinajstić information content (AvgIpc) is 2.44. The minimum Gasteiger partial charge on any atom is -0.327 e. The van der Waals surface area contributed by atoms with Crippen molar-refractivity contribution in [2.45, 2.75) is 33.2 Å². The number of rotatable bonds is 4. The number of nitro groups is 1. The summed E-state index contributed by atoms with van der Waals surface area (Å²) in [6.45, 7) is 7.85. The van der Waals surface area contributed by atoms with Crippen LogP contribution in [-0.4, -0.2) is 41.4 Å². The fraction of sp³-hybridized carbons (Fsp3) is 0.562. The zero-order chi connectivity index (χ0) is 17.2. The molecule has 7 heteroatoms. The number of carbonyl (C=O) groups excluding carboxylic acids is 1. The van der Waals surface area contributed by atoms with Crippen LogP contribution < -0.4 is 11.1 Å². The molecular weight excluding hydrogens is 296 g/mol. The molecule has 1 aliphatic heterocycles. The number of hydrogen-bond donors (Lipinski definition) is 2. The number of aryl methyl sites for hydroxylation is 1. The first-order valence-corrected chi connectivity index (χ1v) is 7.72. The normalized spacial score (nSPS) is 21.0. The largest absolute Gasteiger partial charge is 0.327 e.